The van der Waals surface area contributed by atoms with Crippen LogP contribution in [0.5, 0.6) is 0 Å². The number of carboxylic acids is 2. The van der Waals surface area contributed by atoms with Crippen molar-refractivity contribution in [2.75, 3.05) is 6.54 Å². The summed E-state index contributed by atoms with van der Waals surface area (Å²) in [5.74, 6) is -3.23. The molecule has 156 valence electrons. The van der Waals surface area contributed by atoms with Gasteiger partial charge in [-0.25, -0.2) is 0 Å². The van der Waals surface area contributed by atoms with Gasteiger partial charge in [0.15, 0.2) is 0 Å². The van der Waals surface area contributed by atoms with Crippen LogP contribution in [0.1, 0.15) is 38.7 Å². The summed E-state index contributed by atoms with van der Waals surface area (Å²) >= 11 is 12.6. The smallest absolute Gasteiger partial charge is 0.0704 e. The highest BCUT2D eigenvalue weighted by molar-refractivity contribution is 6.42. The fourth-order valence-corrected chi connectivity index (χ4v) is 4.60. The van der Waals surface area contributed by atoms with Crippen molar-refractivity contribution in [2.24, 2.45) is 0 Å². The summed E-state index contributed by atoms with van der Waals surface area (Å²) in [5.41, 5.74) is -2.02. The lowest BCUT2D eigenvalue weighted by atomic mass is 9.63. The van der Waals surface area contributed by atoms with Gasteiger partial charge in [0.2, 0.25) is 0 Å². The predicted octanol–water partition coefficient (Wildman–Crippen LogP) is 1.81. The van der Waals surface area contributed by atoms with E-state index in [4.69, 9.17) is 28.5 Å². The van der Waals surface area contributed by atoms with Gasteiger partial charge >= 0.3 is 0 Å². The molecule has 9 heteroatoms. The minimum Gasteiger partial charge on any atom is -0.545 e. The van der Waals surface area contributed by atoms with Gasteiger partial charge in [-0.2, -0.15) is 10.5 Å². The molecule has 7 nitrogen and oxygen atoms in total. The number of carbonyl (C=O) groups is 2. The fraction of sp³-hybridized carbons (Fsp3) is 0.333. The van der Waals surface area contributed by atoms with E-state index >= 15 is 0 Å². The zero-order valence-electron chi connectivity index (χ0n) is 16.3. The molecule has 0 aromatic heterocycles. The van der Waals surface area contributed by atoms with Crippen molar-refractivity contribution in [1.82, 2.24) is 4.90 Å². The molecule has 1 aromatic rings. The maximum absolute atomic E-state index is 12.4. The molecule has 0 saturated heterocycles. The Morgan fingerprint density at radius 3 is 2.03 bits per heavy atom. The Labute approximate surface area is 184 Å². The number of rotatable bonds is 7. The van der Waals surface area contributed by atoms with Crippen molar-refractivity contribution < 1.29 is 19.8 Å². The van der Waals surface area contributed by atoms with Crippen molar-refractivity contribution in [2.45, 2.75) is 38.5 Å². The van der Waals surface area contributed by atoms with Gasteiger partial charge in [-0.05, 0) is 31.9 Å². The first kappa shape index (κ1) is 23.3. The molecule has 0 spiro atoms. The first-order chi connectivity index (χ1) is 14.1. The lowest BCUT2D eigenvalue weighted by Crippen LogP contribution is -2.51. The van der Waals surface area contributed by atoms with Crippen LogP contribution in [-0.2, 0) is 15.0 Å². The zero-order valence-corrected chi connectivity index (χ0v) is 17.8. The molecule has 1 aliphatic heterocycles. The molecule has 1 aliphatic rings. The molecule has 0 atom stereocenters. The minimum absolute atomic E-state index is 0.0262. The molecule has 1 aromatic carbocycles. The highest BCUT2D eigenvalue weighted by atomic mass is 35.5. The van der Waals surface area contributed by atoms with Crippen molar-refractivity contribution in [3.8, 4) is 12.1 Å². The SMILES string of the molecule is CC1=C(C(=O)[O-])C(CCC#N)(c2cccc(Cl)c2Cl)C(C(=O)[O-])=C(C)N1CCC#N. The Morgan fingerprint density at radius 2 is 1.57 bits per heavy atom. The summed E-state index contributed by atoms with van der Waals surface area (Å²) in [6, 6.07) is 8.36. The van der Waals surface area contributed by atoms with Gasteiger partial charge in [0, 0.05) is 35.5 Å². The van der Waals surface area contributed by atoms with E-state index in [-0.39, 0.29) is 64.0 Å². The highest BCUT2D eigenvalue weighted by Gasteiger charge is 2.48. The van der Waals surface area contributed by atoms with Crippen molar-refractivity contribution in [3.63, 3.8) is 0 Å². The van der Waals surface area contributed by atoms with Gasteiger partial charge in [0.05, 0.1) is 46.0 Å². The summed E-state index contributed by atoms with van der Waals surface area (Å²) in [4.78, 5) is 26.1. The van der Waals surface area contributed by atoms with E-state index in [1.54, 1.807) is 0 Å². The largest absolute Gasteiger partial charge is 0.545 e. The van der Waals surface area contributed by atoms with Crippen LogP contribution in [0, 0.1) is 22.7 Å². The quantitative estimate of drug-likeness (QED) is 0.624. The molecule has 0 bridgehead atoms. The van der Waals surface area contributed by atoms with E-state index in [0.29, 0.717) is 0 Å². The molecule has 0 N–H and O–H groups in total. The molecule has 0 amide bonds. The van der Waals surface area contributed by atoms with Crippen LogP contribution in [0.2, 0.25) is 10.0 Å². The summed E-state index contributed by atoms with van der Waals surface area (Å²) in [6.45, 7) is 3.06. The number of hydrogen-bond acceptors (Lipinski definition) is 7. The number of carboxylic acid groups (broad SMARTS) is 2. The van der Waals surface area contributed by atoms with Crippen LogP contribution >= 0.6 is 23.2 Å². The second-order valence-corrected chi connectivity index (χ2v) is 7.51. The van der Waals surface area contributed by atoms with E-state index in [1.807, 2.05) is 12.1 Å². The lowest BCUT2D eigenvalue weighted by molar-refractivity contribution is -0.301. The maximum atomic E-state index is 12.4. The van der Waals surface area contributed by atoms with Gasteiger partial charge in [-0.3, -0.25) is 0 Å². The molecule has 0 saturated carbocycles. The molecule has 0 aliphatic carbocycles. The normalized spacial score (nSPS) is 15.6. The Hall–Kier alpha value is -3.00. The zero-order chi connectivity index (χ0) is 22.6. The van der Waals surface area contributed by atoms with Crippen LogP contribution in [0.15, 0.2) is 40.7 Å². The van der Waals surface area contributed by atoms with Gasteiger partial charge in [-0.1, -0.05) is 35.3 Å². The summed E-state index contributed by atoms with van der Waals surface area (Å²) < 4.78 is 0. The van der Waals surface area contributed by atoms with Crippen LogP contribution in [0.3, 0.4) is 0 Å². The predicted molar refractivity (Wildman–Crippen MR) is 105 cm³/mol. The Morgan fingerprint density at radius 1 is 1.03 bits per heavy atom. The average molecular weight is 446 g/mol. The molecule has 0 radical (unpaired) electrons. The van der Waals surface area contributed by atoms with Crippen molar-refractivity contribution in [1.29, 1.82) is 10.5 Å². The third-order valence-electron chi connectivity index (χ3n) is 5.27. The maximum Gasteiger partial charge on any atom is 0.0704 e. The Bertz CT molecular complexity index is 1010. The number of aliphatic carboxylic acids is 2. The van der Waals surface area contributed by atoms with Crippen LogP contribution in [-0.4, -0.2) is 23.4 Å². The second kappa shape index (κ2) is 9.21. The topological polar surface area (TPSA) is 131 Å². The van der Waals surface area contributed by atoms with E-state index in [0.717, 1.165) is 0 Å². The standard InChI is InChI=1S/C21H19Cl2N3O4/c1-12-16(19(27)28)21(8-4-9-24,14-6-3-7-15(22)18(14)23)17(20(29)30)13(2)26(12)11-5-10-25/h3,6-7H,4-5,8,11H2,1-2H3,(H,27,28)(H,29,30)/p-2. The minimum atomic E-state index is -1.83. The summed E-state index contributed by atoms with van der Waals surface area (Å²) in [7, 11) is 0. The number of benzene rings is 1. The number of nitrogens with zero attached hydrogens (tertiary/aromatic N) is 3. The molecule has 2 rings (SSSR count). The van der Waals surface area contributed by atoms with Gasteiger partial charge in [-0.15, -0.1) is 0 Å². The molecular weight excluding hydrogens is 429 g/mol. The number of carbonyl (C=O) groups excluding carboxylic acids is 2. The van der Waals surface area contributed by atoms with E-state index in [9.17, 15) is 25.1 Å². The molecule has 30 heavy (non-hydrogen) atoms. The van der Waals surface area contributed by atoms with Gasteiger partial charge < -0.3 is 24.7 Å². The van der Waals surface area contributed by atoms with Gasteiger partial charge in [0.1, 0.15) is 0 Å². The van der Waals surface area contributed by atoms with Crippen LogP contribution < -0.4 is 10.2 Å². The average Bonchev–Trinajstić information content (AvgIpc) is 2.67. The Balaban J connectivity index is 3.05. The molecule has 0 fully saturated rings. The monoisotopic (exact) mass is 445 g/mol. The highest BCUT2D eigenvalue weighted by Crippen LogP contribution is 2.52. The first-order valence-corrected chi connectivity index (χ1v) is 9.72. The van der Waals surface area contributed by atoms with Crippen molar-refractivity contribution >= 4 is 35.1 Å². The molecule has 0 unspecified atom stereocenters. The van der Waals surface area contributed by atoms with E-state index < -0.39 is 17.4 Å². The third-order valence-corrected chi connectivity index (χ3v) is 6.08. The Kier molecular flexibility index (Phi) is 7.15. The van der Waals surface area contributed by atoms with E-state index in [2.05, 4.69) is 0 Å². The number of allylic oxidation sites excluding steroid dienone is 2. The number of halogens is 2. The summed E-state index contributed by atoms with van der Waals surface area (Å²) in [5, 5.41) is 42.9. The van der Waals surface area contributed by atoms with Gasteiger partial charge in [0.25, 0.3) is 0 Å². The number of hydrogen-bond donors (Lipinski definition) is 0. The van der Waals surface area contributed by atoms with E-state index in [1.165, 1.54) is 36.9 Å². The van der Waals surface area contributed by atoms with Crippen LogP contribution in [0.25, 0.3) is 0 Å². The molecule has 1 heterocycles. The second-order valence-electron chi connectivity index (χ2n) is 6.72. The van der Waals surface area contributed by atoms with Crippen LogP contribution in [0.4, 0.5) is 0 Å². The van der Waals surface area contributed by atoms with Crippen molar-refractivity contribution in [3.05, 3.63) is 56.3 Å². The fourth-order valence-electron chi connectivity index (χ4n) is 4.14. The first-order valence-electron chi connectivity index (χ1n) is 8.96. The molecular formula is C21H17Cl2N3O4-2. The third kappa shape index (κ3) is 3.75. The number of nitriles is 2. The lowest BCUT2D eigenvalue weighted by Gasteiger charge is -2.48. The summed E-state index contributed by atoms with van der Waals surface area (Å²) in [6.07, 6.45) is -0.343.